The summed E-state index contributed by atoms with van der Waals surface area (Å²) in [7, 11) is 3.81. The molecule has 1 fully saturated rings. The van der Waals surface area contributed by atoms with Crippen molar-refractivity contribution in [1.82, 2.24) is 29.7 Å². The quantitative estimate of drug-likeness (QED) is 0.0810. The molecule has 1 saturated heterocycles. The predicted molar refractivity (Wildman–Crippen MR) is 288 cm³/mol. The van der Waals surface area contributed by atoms with E-state index in [9.17, 15) is 14.3 Å². The van der Waals surface area contributed by atoms with E-state index in [0.717, 1.165) is 70.5 Å². The molecule has 0 saturated carbocycles. The molecule has 19 heteroatoms. The number of methoxy groups -OCH3 is 1. The first-order chi connectivity index (χ1) is 36.4. The Kier molecular flexibility index (Phi) is 18.5. The number of nitrogens with zero attached hydrogens (tertiary/aromatic N) is 6. The van der Waals surface area contributed by atoms with E-state index in [2.05, 4.69) is 37.9 Å². The molecule has 3 aliphatic heterocycles. The third-order valence-electron chi connectivity index (χ3n) is 13.9. The average molecular weight is 1090 g/mol. The van der Waals surface area contributed by atoms with Crippen LogP contribution in [0.1, 0.15) is 60.3 Å². The maximum Gasteiger partial charge on any atom is 0.345 e. The summed E-state index contributed by atoms with van der Waals surface area (Å²) >= 11 is 16.0. The molecule has 75 heavy (non-hydrogen) atoms. The van der Waals surface area contributed by atoms with Gasteiger partial charge in [0.15, 0.2) is 11.6 Å². The molecule has 1 N–H and O–H groups in total. The SMILES string of the molecule is COCCCCOCCOC[C@H]1CC=C(c2nccc(COc3ccc4cc3C[C@H](C(=O)O)Oc3ncnc5sc(-c6ccc(F)cc6)c(c35)-c3c(C)c(Cl)c(c(Cl)c3C)O[C@H](CN3CCN(C)CC3)CO4)n2)CC1. The number of rotatable bonds is 18. The Bertz CT molecular complexity index is 2950. The highest BCUT2D eigenvalue weighted by atomic mass is 35.5. The predicted octanol–water partition coefficient (Wildman–Crippen LogP) is 10.6. The number of aromatic nitrogens is 4. The highest BCUT2D eigenvalue weighted by molar-refractivity contribution is 7.22. The minimum absolute atomic E-state index is 0.0313. The summed E-state index contributed by atoms with van der Waals surface area (Å²) < 4.78 is 57.6. The van der Waals surface area contributed by atoms with E-state index in [0.29, 0.717) is 126 Å². The zero-order valence-electron chi connectivity index (χ0n) is 42.7. The van der Waals surface area contributed by atoms with Gasteiger partial charge in [-0.25, -0.2) is 29.1 Å². The first kappa shape index (κ1) is 54.3. The summed E-state index contributed by atoms with van der Waals surface area (Å²) in [6.45, 7) is 11.2. The van der Waals surface area contributed by atoms with Crippen LogP contribution < -0.4 is 18.9 Å². The largest absolute Gasteiger partial charge is 0.490 e. The highest BCUT2D eigenvalue weighted by Crippen LogP contribution is 2.53. The molecule has 0 amide bonds. The summed E-state index contributed by atoms with van der Waals surface area (Å²) in [4.78, 5) is 38.0. The standard InChI is InChI=1S/C56H63Cl2FN6O9S/c1-34-46-35(2)50(58)51(49(34)57)73-43(29-65-21-19-64(3)20-22-65)32-71-42-15-16-44(72-31-41-17-18-60-53(63-41)38-9-7-36(8-10-38)30-70-26-25-69-24-6-5-23-68-4)39(27-42)28-45(56(66)67)74-54-48-47(46)52(75-55(48)62-33-61-54)37-11-13-40(59)14-12-37/h9,11-18,27,33,36,43,45H,5-8,10,19-26,28-32H2,1-4H3,(H,66,67)/t36-,43+,45+/m0/s1. The maximum absolute atomic E-state index is 14.4. The molecule has 0 radical (unpaired) electrons. The fraction of sp³-hybridized carbons (Fsp3) is 0.446. The van der Waals surface area contributed by atoms with Crippen molar-refractivity contribution in [3.63, 3.8) is 0 Å². The van der Waals surface area contributed by atoms with Gasteiger partial charge in [-0.15, -0.1) is 11.3 Å². The van der Waals surface area contributed by atoms with Crippen LogP contribution in [0, 0.1) is 25.6 Å². The van der Waals surface area contributed by atoms with E-state index in [1.807, 2.05) is 19.9 Å². The minimum Gasteiger partial charge on any atom is -0.490 e. The fourth-order valence-corrected chi connectivity index (χ4v) is 11.3. The Morgan fingerprint density at radius 1 is 0.920 bits per heavy atom. The van der Waals surface area contributed by atoms with Crippen LogP contribution in [0.15, 0.2) is 67.1 Å². The lowest BCUT2D eigenvalue weighted by Crippen LogP contribution is -2.49. The highest BCUT2D eigenvalue weighted by Gasteiger charge is 2.32. The molecule has 3 atom stereocenters. The van der Waals surface area contributed by atoms with Crippen molar-refractivity contribution < 1.29 is 47.4 Å². The van der Waals surface area contributed by atoms with Gasteiger partial charge in [0, 0.05) is 88.3 Å². The first-order valence-corrected chi connectivity index (χ1v) is 27.0. The number of allylic oxidation sites excluding steroid dienone is 2. The number of carboxylic acid groups (broad SMARTS) is 1. The molecule has 3 aromatic carbocycles. The van der Waals surface area contributed by atoms with Crippen molar-refractivity contribution >= 4 is 56.3 Å². The molecule has 10 rings (SSSR count). The van der Waals surface area contributed by atoms with Crippen molar-refractivity contribution in [3.8, 4) is 44.7 Å². The van der Waals surface area contributed by atoms with Crippen LogP contribution in [0.5, 0.6) is 23.1 Å². The van der Waals surface area contributed by atoms with Gasteiger partial charge in [-0.3, -0.25) is 4.90 Å². The topological polar surface area (TPSA) is 160 Å². The molecule has 398 valence electrons. The summed E-state index contributed by atoms with van der Waals surface area (Å²) in [5.74, 6) is 0.653. The number of carbonyl (C=O) groups is 1. The van der Waals surface area contributed by atoms with E-state index in [4.69, 9.17) is 61.3 Å². The zero-order chi connectivity index (χ0) is 52.4. The van der Waals surface area contributed by atoms with Crippen LogP contribution in [-0.4, -0.2) is 140 Å². The molecular weight excluding hydrogens is 1020 g/mol. The van der Waals surface area contributed by atoms with E-state index in [-0.39, 0.29) is 25.5 Å². The molecule has 4 aliphatic rings. The lowest BCUT2D eigenvalue weighted by molar-refractivity contribution is -0.145. The second-order valence-corrected chi connectivity index (χ2v) is 21.0. The molecule has 1 aliphatic carbocycles. The van der Waals surface area contributed by atoms with Gasteiger partial charge < -0.3 is 43.2 Å². The number of benzene rings is 3. The number of halogens is 3. The summed E-state index contributed by atoms with van der Waals surface area (Å²) in [6, 6.07) is 13.3. The lowest BCUT2D eigenvalue weighted by Gasteiger charge is -2.35. The van der Waals surface area contributed by atoms with Crippen molar-refractivity contribution in [2.45, 2.75) is 71.2 Å². The second kappa shape index (κ2) is 25.6. The zero-order valence-corrected chi connectivity index (χ0v) is 45.1. The Morgan fingerprint density at radius 3 is 2.44 bits per heavy atom. The minimum atomic E-state index is -1.47. The first-order valence-electron chi connectivity index (χ1n) is 25.5. The Balaban J connectivity index is 1.01. The second-order valence-electron chi connectivity index (χ2n) is 19.2. The molecule has 4 bridgehead atoms. The summed E-state index contributed by atoms with van der Waals surface area (Å²) in [6.07, 6.45) is 7.73. The van der Waals surface area contributed by atoms with E-state index >= 15 is 0 Å². The van der Waals surface area contributed by atoms with Crippen LogP contribution >= 0.6 is 34.5 Å². The summed E-state index contributed by atoms with van der Waals surface area (Å²) in [5, 5.41) is 12.0. The van der Waals surface area contributed by atoms with E-state index in [1.54, 1.807) is 43.6 Å². The number of piperazine rings is 1. The smallest absolute Gasteiger partial charge is 0.345 e. The molecule has 0 spiro atoms. The number of thiophene rings is 1. The number of ether oxygens (including phenoxy) is 7. The normalized spacial score (nSPS) is 18.5. The van der Waals surface area contributed by atoms with Gasteiger partial charge in [0.25, 0.3) is 0 Å². The third kappa shape index (κ3) is 13.4. The van der Waals surface area contributed by atoms with Gasteiger partial charge in [-0.1, -0.05) is 41.4 Å². The number of aliphatic carboxylic acids is 1. The van der Waals surface area contributed by atoms with E-state index in [1.165, 1.54) is 29.8 Å². The number of hydrogen-bond donors (Lipinski definition) is 1. The fourth-order valence-electron chi connectivity index (χ4n) is 9.66. The number of carboxylic acids is 1. The molecular formula is C56H63Cl2FN6O9S. The van der Waals surface area contributed by atoms with Crippen LogP contribution in [0.3, 0.4) is 0 Å². The van der Waals surface area contributed by atoms with E-state index < -0.39 is 24.0 Å². The van der Waals surface area contributed by atoms with Crippen molar-refractivity contribution in [3.05, 3.63) is 111 Å². The van der Waals surface area contributed by atoms with Crippen LogP contribution in [0.25, 0.3) is 37.4 Å². The van der Waals surface area contributed by atoms with Crippen molar-refractivity contribution in [1.29, 1.82) is 0 Å². The van der Waals surface area contributed by atoms with Gasteiger partial charge in [0.1, 0.15) is 47.8 Å². The van der Waals surface area contributed by atoms with Gasteiger partial charge in [-0.2, -0.15) is 0 Å². The van der Waals surface area contributed by atoms with Gasteiger partial charge in [0.2, 0.25) is 12.0 Å². The Morgan fingerprint density at radius 2 is 1.69 bits per heavy atom. The number of likely N-dealkylation sites (N-methyl/N-ethyl adjacent to an activating group) is 1. The summed E-state index contributed by atoms with van der Waals surface area (Å²) in [5.41, 5.74) is 5.52. The molecule has 6 heterocycles. The third-order valence-corrected chi connectivity index (χ3v) is 15.9. The van der Waals surface area contributed by atoms with Gasteiger partial charge in [0.05, 0.1) is 34.3 Å². The molecule has 3 aromatic heterocycles. The van der Waals surface area contributed by atoms with Crippen molar-refractivity contribution in [2.24, 2.45) is 5.92 Å². The number of unbranched alkanes of at least 4 members (excludes halogenated alkanes) is 1. The molecule has 6 aromatic rings. The van der Waals surface area contributed by atoms with Crippen LogP contribution in [-0.2, 0) is 32.0 Å². The molecule has 0 unspecified atom stereocenters. The van der Waals surface area contributed by atoms with Crippen LogP contribution in [0.4, 0.5) is 4.39 Å². The maximum atomic E-state index is 14.4. The Labute approximate surface area is 450 Å². The van der Waals surface area contributed by atoms with Crippen molar-refractivity contribution in [2.75, 3.05) is 86.5 Å². The average Bonchev–Trinajstić information content (AvgIpc) is 3.82. The van der Waals surface area contributed by atoms with Gasteiger partial charge >= 0.3 is 5.97 Å². The van der Waals surface area contributed by atoms with Crippen LogP contribution in [0.2, 0.25) is 10.0 Å². The lowest BCUT2D eigenvalue weighted by atomic mass is 9.90. The van der Waals surface area contributed by atoms with Gasteiger partial charge in [-0.05, 0) is 123 Å². The molecule has 15 nitrogen and oxygen atoms in total. The number of hydrogen-bond acceptors (Lipinski definition) is 15. The monoisotopic (exact) mass is 1080 g/mol. The number of fused-ring (bicyclic) bond motifs is 7. The Hall–Kier alpha value is -5.50.